The third-order valence-electron chi connectivity index (χ3n) is 6.27. The van der Waals surface area contributed by atoms with Gasteiger partial charge >= 0.3 is 0 Å². The molecule has 6 heteroatoms. The minimum Gasteiger partial charge on any atom is -0.488 e. The molecule has 0 spiro atoms. The van der Waals surface area contributed by atoms with Crippen molar-refractivity contribution in [3.05, 3.63) is 47.8 Å². The van der Waals surface area contributed by atoms with Crippen molar-refractivity contribution in [3.8, 4) is 17.0 Å². The van der Waals surface area contributed by atoms with Crippen LogP contribution in [0.3, 0.4) is 0 Å². The minimum atomic E-state index is -0.0621. The average Bonchev–Trinajstić information content (AvgIpc) is 3.16. The Morgan fingerprint density at radius 3 is 2.81 bits per heavy atom. The number of piperidine rings is 1. The SMILES string of the molecule is CC(=O)NCC(Oc1ccc2[nH]c(-c3ccnc(C)c3)c(C(C)C)c2c1)C1CCCNC1. The maximum absolute atomic E-state index is 11.5. The molecule has 1 aliphatic heterocycles. The van der Waals surface area contributed by atoms with Gasteiger partial charge in [0.25, 0.3) is 0 Å². The van der Waals surface area contributed by atoms with Gasteiger partial charge in [0.2, 0.25) is 5.91 Å². The molecule has 3 N–H and O–H groups in total. The Labute approximate surface area is 190 Å². The number of carbonyl (C=O) groups excluding carboxylic acids is 1. The number of ether oxygens (including phenoxy) is 1. The Morgan fingerprint density at radius 2 is 2.12 bits per heavy atom. The number of nitrogens with one attached hydrogen (secondary N) is 3. The molecule has 1 amide bonds. The van der Waals surface area contributed by atoms with E-state index in [9.17, 15) is 4.79 Å². The summed E-state index contributed by atoms with van der Waals surface area (Å²) < 4.78 is 6.50. The van der Waals surface area contributed by atoms with Crippen molar-refractivity contribution >= 4 is 16.8 Å². The topological polar surface area (TPSA) is 79.0 Å². The number of H-pyrrole nitrogens is 1. The van der Waals surface area contributed by atoms with E-state index in [4.69, 9.17) is 4.74 Å². The maximum Gasteiger partial charge on any atom is 0.217 e. The minimum absolute atomic E-state index is 0.0252. The number of amides is 1. The summed E-state index contributed by atoms with van der Waals surface area (Å²) in [4.78, 5) is 19.5. The van der Waals surface area contributed by atoms with Crippen molar-refractivity contribution in [3.63, 3.8) is 0 Å². The van der Waals surface area contributed by atoms with E-state index >= 15 is 0 Å². The maximum atomic E-state index is 11.5. The lowest BCUT2D eigenvalue weighted by Gasteiger charge is -2.31. The van der Waals surface area contributed by atoms with Gasteiger partial charge in [-0.2, -0.15) is 0 Å². The number of aromatic nitrogens is 2. The highest BCUT2D eigenvalue weighted by Crippen LogP contribution is 2.37. The largest absolute Gasteiger partial charge is 0.488 e. The summed E-state index contributed by atoms with van der Waals surface area (Å²) in [6.45, 7) is 10.5. The highest BCUT2D eigenvalue weighted by molar-refractivity contribution is 5.92. The second kappa shape index (κ2) is 9.74. The van der Waals surface area contributed by atoms with E-state index in [0.29, 0.717) is 18.4 Å². The number of benzene rings is 1. The lowest BCUT2D eigenvalue weighted by Crippen LogP contribution is -2.45. The quantitative estimate of drug-likeness (QED) is 0.510. The van der Waals surface area contributed by atoms with E-state index in [1.54, 1.807) is 6.92 Å². The molecule has 6 nitrogen and oxygen atoms in total. The Morgan fingerprint density at radius 1 is 1.28 bits per heavy atom. The molecule has 1 fully saturated rings. The summed E-state index contributed by atoms with van der Waals surface area (Å²) in [5.74, 6) is 1.54. The molecule has 1 saturated heterocycles. The van der Waals surface area contributed by atoms with Gasteiger partial charge in [-0.1, -0.05) is 13.8 Å². The van der Waals surface area contributed by atoms with Crippen LogP contribution < -0.4 is 15.4 Å². The fourth-order valence-corrected chi connectivity index (χ4v) is 4.71. The smallest absolute Gasteiger partial charge is 0.217 e. The van der Waals surface area contributed by atoms with Crippen molar-refractivity contribution in [2.45, 2.75) is 52.6 Å². The van der Waals surface area contributed by atoms with Crippen molar-refractivity contribution in [1.82, 2.24) is 20.6 Å². The van der Waals surface area contributed by atoms with Crippen LogP contribution in [-0.2, 0) is 4.79 Å². The van der Waals surface area contributed by atoms with Gasteiger partial charge in [-0.25, -0.2) is 0 Å². The van der Waals surface area contributed by atoms with E-state index in [-0.39, 0.29) is 12.0 Å². The lowest BCUT2D eigenvalue weighted by atomic mass is 9.93. The second-order valence-electron chi connectivity index (χ2n) is 9.16. The van der Waals surface area contributed by atoms with Gasteiger partial charge in [-0.05, 0) is 68.1 Å². The molecule has 2 unspecified atom stereocenters. The van der Waals surface area contributed by atoms with Crippen LogP contribution in [0.4, 0.5) is 0 Å². The summed E-state index contributed by atoms with van der Waals surface area (Å²) in [5.41, 5.74) is 5.68. The van der Waals surface area contributed by atoms with Crippen LogP contribution in [0, 0.1) is 12.8 Å². The highest BCUT2D eigenvalue weighted by Gasteiger charge is 2.26. The molecular weight excluding hydrogens is 400 g/mol. The van der Waals surface area contributed by atoms with E-state index in [1.807, 2.05) is 19.2 Å². The predicted octanol–water partition coefficient (Wildman–Crippen LogP) is 4.54. The van der Waals surface area contributed by atoms with Gasteiger partial charge in [0.05, 0.1) is 12.2 Å². The lowest BCUT2D eigenvalue weighted by molar-refractivity contribution is -0.119. The molecule has 1 aromatic carbocycles. The van der Waals surface area contributed by atoms with Crippen LogP contribution in [0.2, 0.25) is 0 Å². The average molecular weight is 435 g/mol. The fourth-order valence-electron chi connectivity index (χ4n) is 4.71. The number of rotatable bonds is 7. The first-order valence-corrected chi connectivity index (χ1v) is 11.6. The van der Waals surface area contributed by atoms with Gasteiger partial charge in [-0.15, -0.1) is 0 Å². The number of pyridine rings is 1. The summed E-state index contributed by atoms with van der Waals surface area (Å²) in [5, 5.41) is 7.61. The molecule has 1 aliphatic rings. The Kier molecular flexibility index (Phi) is 6.80. The van der Waals surface area contributed by atoms with Gasteiger partial charge < -0.3 is 20.4 Å². The van der Waals surface area contributed by atoms with Crippen molar-refractivity contribution in [2.24, 2.45) is 5.92 Å². The summed E-state index contributed by atoms with van der Waals surface area (Å²) in [6.07, 6.45) is 4.03. The Bertz CT molecular complexity index is 1080. The van der Waals surface area contributed by atoms with Crippen LogP contribution in [0.25, 0.3) is 22.2 Å². The van der Waals surface area contributed by atoms with E-state index < -0.39 is 0 Å². The number of aryl methyl sites for hydroxylation is 1. The molecule has 0 saturated carbocycles. The zero-order valence-electron chi connectivity index (χ0n) is 19.5. The molecule has 3 aromatic rings. The molecule has 0 bridgehead atoms. The number of nitrogens with zero attached hydrogens (tertiary/aromatic N) is 1. The van der Waals surface area contributed by atoms with Crippen molar-refractivity contribution in [2.75, 3.05) is 19.6 Å². The molecule has 32 heavy (non-hydrogen) atoms. The third-order valence-corrected chi connectivity index (χ3v) is 6.27. The predicted molar refractivity (Wildman–Crippen MR) is 129 cm³/mol. The molecule has 0 radical (unpaired) electrons. The highest BCUT2D eigenvalue weighted by atomic mass is 16.5. The van der Waals surface area contributed by atoms with Crippen LogP contribution >= 0.6 is 0 Å². The third kappa shape index (κ3) is 4.96. The number of carbonyl (C=O) groups is 1. The molecule has 170 valence electrons. The van der Waals surface area contributed by atoms with E-state index in [1.165, 1.54) is 10.9 Å². The normalized spacial score (nSPS) is 17.5. The van der Waals surface area contributed by atoms with Gasteiger partial charge in [0, 0.05) is 47.7 Å². The molecule has 2 aromatic heterocycles. The van der Waals surface area contributed by atoms with Crippen LogP contribution in [-0.4, -0.2) is 41.6 Å². The Balaban J connectivity index is 1.68. The molecule has 0 aliphatic carbocycles. The van der Waals surface area contributed by atoms with Crippen molar-refractivity contribution in [1.29, 1.82) is 0 Å². The van der Waals surface area contributed by atoms with Gasteiger partial charge in [0.15, 0.2) is 0 Å². The van der Waals surface area contributed by atoms with Crippen molar-refractivity contribution < 1.29 is 9.53 Å². The second-order valence-corrected chi connectivity index (χ2v) is 9.16. The first-order chi connectivity index (χ1) is 15.4. The number of fused-ring (bicyclic) bond motifs is 1. The molecule has 3 heterocycles. The van der Waals surface area contributed by atoms with Gasteiger partial charge in [-0.3, -0.25) is 9.78 Å². The molecule has 2 atom stereocenters. The molecule has 4 rings (SSSR count). The number of hydrogen-bond donors (Lipinski definition) is 3. The van der Waals surface area contributed by atoms with Crippen LogP contribution in [0.15, 0.2) is 36.5 Å². The van der Waals surface area contributed by atoms with Crippen LogP contribution in [0.1, 0.15) is 50.8 Å². The first kappa shape index (κ1) is 22.3. The summed E-state index contributed by atoms with van der Waals surface area (Å²) >= 11 is 0. The number of hydrogen-bond acceptors (Lipinski definition) is 4. The first-order valence-electron chi connectivity index (χ1n) is 11.6. The fraction of sp³-hybridized carbons (Fsp3) is 0.462. The Hall–Kier alpha value is -2.86. The standard InChI is InChI=1S/C26H34N4O2/c1-16(2)25-22-13-21(32-24(15-29-18(4)31)20-6-5-10-27-14-20)7-8-23(22)30-26(25)19-9-11-28-17(3)12-19/h7-9,11-13,16,20,24,27,30H,5-6,10,14-15H2,1-4H3,(H,29,31). The zero-order chi connectivity index (χ0) is 22.7. The van der Waals surface area contributed by atoms with Gasteiger partial charge in [0.1, 0.15) is 11.9 Å². The van der Waals surface area contributed by atoms with Crippen LogP contribution in [0.5, 0.6) is 5.75 Å². The van der Waals surface area contributed by atoms with E-state index in [2.05, 4.69) is 58.7 Å². The zero-order valence-corrected chi connectivity index (χ0v) is 19.5. The number of aromatic amines is 1. The summed E-state index contributed by atoms with van der Waals surface area (Å²) in [6, 6.07) is 10.5. The molecular formula is C26H34N4O2. The summed E-state index contributed by atoms with van der Waals surface area (Å²) in [7, 11) is 0. The van der Waals surface area contributed by atoms with E-state index in [0.717, 1.165) is 54.1 Å². The monoisotopic (exact) mass is 434 g/mol.